The van der Waals surface area contributed by atoms with Gasteiger partial charge >= 0.3 is 0 Å². The highest BCUT2D eigenvalue weighted by Crippen LogP contribution is 2.24. The third kappa shape index (κ3) is 21.8. The van der Waals surface area contributed by atoms with Crippen molar-refractivity contribution in [2.45, 2.75) is 115 Å². The second kappa shape index (κ2) is 17.0. The van der Waals surface area contributed by atoms with Gasteiger partial charge in [0.25, 0.3) is 0 Å². The van der Waals surface area contributed by atoms with Crippen LogP contribution in [0.1, 0.15) is 19.3 Å². The highest BCUT2D eigenvalue weighted by molar-refractivity contribution is 6.85. The Morgan fingerprint density at radius 2 is 0.769 bits per heavy atom. The van der Waals surface area contributed by atoms with Crippen LogP contribution in [0.4, 0.5) is 0 Å². The van der Waals surface area contributed by atoms with Crippen molar-refractivity contribution >= 4 is 33.3 Å². The summed E-state index contributed by atoms with van der Waals surface area (Å²) in [6.45, 7) is 28.2. The van der Waals surface area contributed by atoms with Crippen LogP contribution < -0.4 is 0 Å². The van der Waals surface area contributed by atoms with Gasteiger partial charge in [0.2, 0.25) is 0 Å². The molecule has 3 atom stereocenters. The largest absolute Gasteiger partial charge is 0.456 e. The molecule has 232 valence electrons. The number of hydrogen-bond donors (Lipinski definition) is 0. The quantitative estimate of drug-likeness (QED) is 0.0840. The number of epoxide rings is 3. The summed E-state index contributed by atoms with van der Waals surface area (Å²) in [5.74, 6) is 0. The van der Waals surface area contributed by atoms with E-state index in [0.717, 1.165) is 78.7 Å². The standard InChI is InChI=1S/C16H34O5Si2.C11H26O3Si2/c1-22(2,9-5-7-17-11-15-13-19-15)21-23(3,4)10-6-8-18-12-16-14-20-16;1-15(2,3)14-16(4,5)8-6-7-12-9-11-10-13-11/h15-16H,5-14H2,1-4H3;11H,6-10H2,1-5H3. The molecule has 0 saturated carbocycles. The van der Waals surface area contributed by atoms with Crippen molar-refractivity contribution in [1.82, 2.24) is 0 Å². The van der Waals surface area contributed by atoms with Crippen molar-refractivity contribution in [1.29, 1.82) is 0 Å². The molecule has 3 saturated heterocycles. The SMILES string of the molecule is C[Si](C)(C)O[Si](C)(C)CCCOCC1CO1.C[Si](C)(CCCOCC1CO1)O[Si](C)(C)CCCOCC1CO1. The van der Waals surface area contributed by atoms with Crippen molar-refractivity contribution in [2.75, 3.05) is 59.5 Å². The lowest BCUT2D eigenvalue weighted by molar-refractivity contribution is 0.116. The summed E-state index contributed by atoms with van der Waals surface area (Å²) in [6, 6.07) is 3.54. The molecule has 0 spiro atoms. The Bertz CT molecular complexity index is 631. The highest BCUT2D eigenvalue weighted by Gasteiger charge is 2.33. The Kier molecular flexibility index (Phi) is 15.6. The van der Waals surface area contributed by atoms with Gasteiger partial charge in [0, 0.05) is 19.8 Å². The molecule has 8 nitrogen and oxygen atoms in total. The number of ether oxygens (including phenoxy) is 6. The average Bonchev–Trinajstić information content (AvgIpc) is 3.63. The first-order chi connectivity index (χ1) is 18.1. The average molecular weight is 625 g/mol. The maximum absolute atomic E-state index is 6.62. The molecule has 0 aromatic carbocycles. The zero-order valence-corrected chi connectivity index (χ0v) is 30.6. The molecule has 0 amide bonds. The van der Waals surface area contributed by atoms with E-state index in [-0.39, 0.29) is 0 Å². The third-order valence-corrected chi connectivity index (χ3v) is 20.2. The van der Waals surface area contributed by atoms with Gasteiger partial charge in [-0.25, -0.2) is 0 Å². The Hall–Kier alpha value is 0.548. The Morgan fingerprint density at radius 3 is 1.03 bits per heavy atom. The molecule has 0 aliphatic carbocycles. The maximum Gasteiger partial charge on any atom is 0.173 e. The highest BCUT2D eigenvalue weighted by atomic mass is 28.4. The van der Waals surface area contributed by atoms with Crippen molar-refractivity contribution in [3.05, 3.63) is 0 Å². The van der Waals surface area contributed by atoms with Gasteiger partial charge in [0.15, 0.2) is 33.3 Å². The molecule has 3 aliphatic heterocycles. The van der Waals surface area contributed by atoms with Gasteiger partial charge in [-0.2, -0.15) is 0 Å². The number of rotatable bonds is 22. The molecular formula is C27H60O8Si4. The lowest BCUT2D eigenvalue weighted by Crippen LogP contribution is -2.44. The lowest BCUT2D eigenvalue weighted by atomic mass is 10.5. The minimum Gasteiger partial charge on any atom is -0.456 e. The Morgan fingerprint density at radius 1 is 0.487 bits per heavy atom. The fourth-order valence-electron chi connectivity index (χ4n) is 4.67. The second-order valence-electron chi connectivity index (χ2n) is 14.0. The first-order valence-electron chi connectivity index (χ1n) is 15.1. The van der Waals surface area contributed by atoms with E-state index in [9.17, 15) is 0 Å². The summed E-state index contributed by atoms with van der Waals surface area (Å²) in [5, 5.41) is 0. The van der Waals surface area contributed by atoms with E-state index >= 15 is 0 Å². The van der Waals surface area contributed by atoms with Crippen molar-refractivity contribution < 1.29 is 36.7 Å². The van der Waals surface area contributed by atoms with Gasteiger partial charge in [-0.05, 0) is 96.3 Å². The van der Waals surface area contributed by atoms with Crippen LogP contribution in [-0.4, -0.2) is 111 Å². The normalized spacial score (nSPS) is 22.8. The predicted molar refractivity (Wildman–Crippen MR) is 168 cm³/mol. The molecule has 3 aliphatic rings. The van der Waals surface area contributed by atoms with Gasteiger partial charge in [-0.3, -0.25) is 0 Å². The smallest absolute Gasteiger partial charge is 0.173 e. The van der Waals surface area contributed by atoms with Crippen LogP contribution in [0.3, 0.4) is 0 Å². The third-order valence-electron chi connectivity index (χ3n) is 6.46. The maximum atomic E-state index is 6.62. The van der Waals surface area contributed by atoms with Crippen LogP contribution in [0.5, 0.6) is 0 Å². The molecule has 12 heteroatoms. The molecule has 39 heavy (non-hydrogen) atoms. The summed E-state index contributed by atoms with van der Waals surface area (Å²) >= 11 is 0. The van der Waals surface area contributed by atoms with Gasteiger partial charge < -0.3 is 36.7 Å². The van der Waals surface area contributed by atoms with E-state index in [1.165, 1.54) is 18.1 Å². The van der Waals surface area contributed by atoms with Gasteiger partial charge in [-0.1, -0.05) is 0 Å². The van der Waals surface area contributed by atoms with Crippen LogP contribution in [-0.2, 0) is 36.7 Å². The summed E-state index contributed by atoms with van der Waals surface area (Å²) in [6.07, 6.45) is 4.45. The van der Waals surface area contributed by atoms with Gasteiger partial charge in [-0.15, -0.1) is 0 Å². The summed E-state index contributed by atoms with van der Waals surface area (Å²) < 4.78 is 45.0. The van der Waals surface area contributed by atoms with E-state index in [4.69, 9.17) is 36.7 Å². The van der Waals surface area contributed by atoms with Crippen molar-refractivity contribution in [2.24, 2.45) is 0 Å². The molecule has 3 unspecified atom stereocenters. The molecule has 0 bridgehead atoms. The molecule has 0 aromatic rings. The first-order valence-corrected chi connectivity index (χ1v) is 27.9. The Labute approximate surface area is 243 Å². The van der Waals surface area contributed by atoms with Crippen LogP contribution >= 0.6 is 0 Å². The monoisotopic (exact) mass is 624 g/mol. The van der Waals surface area contributed by atoms with E-state index in [0.29, 0.717) is 18.3 Å². The van der Waals surface area contributed by atoms with E-state index in [2.05, 4.69) is 58.9 Å². The van der Waals surface area contributed by atoms with Gasteiger partial charge in [0.05, 0.1) is 39.6 Å². The Balaban J connectivity index is 0.000000293. The van der Waals surface area contributed by atoms with E-state index in [1.807, 2.05) is 0 Å². The molecule has 0 aromatic heterocycles. The predicted octanol–water partition coefficient (Wildman–Crippen LogP) is 5.87. The first kappa shape index (κ1) is 35.7. The summed E-state index contributed by atoms with van der Waals surface area (Å²) in [7, 11) is -5.99. The number of hydrogen-bond acceptors (Lipinski definition) is 8. The molecule has 3 heterocycles. The van der Waals surface area contributed by atoms with E-state index in [1.54, 1.807) is 0 Å². The van der Waals surface area contributed by atoms with Crippen LogP contribution in [0.25, 0.3) is 0 Å². The van der Waals surface area contributed by atoms with E-state index < -0.39 is 33.3 Å². The zero-order valence-electron chi connectivity index (χ0n) is 26.6. The molecule has 0 radical (unpaired) electrons. The molecule has 3 fully saturated rings. The minimum atomic E-state index is -1.59. The van der Waals surface area contributed by atoms with Gasteiger partial charge in [0.1, 0.15) is 18.3 Å². The van der Waals surface area contributed by atoms with Crippen LogP contribution in [0.15, 0.2) is 0 Å². The van der Waals surface area contributed by atoms with Crippen LogP contribution in [0, 0.1) is 0 Å². The van der Waals surface area contributed by atoms with Crippen molar-refractivity contribution in [3.8, 4) is 0 Å². The molecule has 0 N–H and O–H groups in total. The molecular weight excluding hydrogens is 565 g/mol. The van der Waals surface area contributed by atoms with Crippen LogP contribution in [0.2, 0.25) is 77.1 Å². The van der Waals surface area contributed by atoms with Crippen molar-refractivity contribution in [3.63, 3.8) is 0 Å². The second-order valence-corrected chi connectivity index (χ2v) is 31.9. The summed E-state index contributed by atoms with van der Waals surface area (Å²) in [5.41, 5.74) is 0. The fourth-order valence-corrected chi connectivity index (χ4v) is 21.5. The molecule has 3 rings (SSSR count). The zero-order chi connectivity index (χ0) is 29.0. The summed E-state index contributed by atoms with van der Waals surface area (Å²) in [4.78, 5) is 0. The minimum absolute atomic E-state index is 0.372. The fraction of sp³-hybridized carbons (Fsp3) is 1.00. The lowest BCUT2D eigenvalue weighted by Gasteiger charge is -2.34. The topological polar surface area (TPSA) is 83.7 Å².